The van der Waals surface area contributed by atoms with Gasteiger partial charge in [-0.3, -0.25) is 0 Å². The summed E-state index contributed by atoms with van der Waals surface area (Å²) in [6.45, 7) is 0. The van der Waals surface area contributed by atoms with Crippen LogP contribution in [0.2, 0.25) is 0 Å². The minimum absolute atomic E-state index is 0.590. The number of hydrogen-bond donors (Lipinski definition) is 0. The van der Waals surface area contributed by atoms with Crippen LogP contribution in [0.15, 0.2) is 162 Å². The number of hydrogen-bond acceptors (Lipinski definition) is 5. The zero-order valence-electron chi connectivity index (χ0n) is 27.1. The van der Waals surface area contributed by atoms with E-state index in [1.54, 1.807) is 11.3 Å². The van der Waals surface area contributed by atoms with Crippen molar-refractivity contribution in [1.82, 2.24) is 19.5 Å². The molecule has 0 radical (unpaired) electrons. The molecule has 7 aromatic carbocycles. The van der Waals surface area contributed by atoms with Crippen molar-refractivity contribution in [2.24, 2.45) is 0 Å². The molecule has 0 unspecified atom stereocenters. The van der Waals surface area contributed by atoms with Gasteiger partial charge in [-0.15, -0.1) is 11.3 Å². The lowest BCUT2D eigenvalue weighted by Gasteiger charge is -2.14. The second-order valence-electron chi connectivity index (χ2n) is 12.8. The SMILES string of the molecule is c1ccc(-n2c3ccccc3c3ccccc32)c(-c2nc(-c3ccc4c(c3)oc3ccccc34)nc(-c3cccc4c3sc3ccccc34)n2)c1. The molecule has 0 spiro atoms. The summed E-state index contributed by atoms with van der Waals surface area (Å²) in [6.07, 6.45) is 0. The average molecular weight is 671 g/mol. The van der Waals surface area contributed by atoms with Crippen molar-refractivity contribution < 1.29 is 4.42 Å². The van der Waals surface area contributed by atoms with E-state index < -0.39 is 0 Å². The summed E-state index contributed by atoms with van der Waals surface area (Å²) < 4.78 is 11.0. The normalized spacial score (nSPS) is 11.9. The molecule has 0 saturated heterocycles. The second-order valence-corrected chi connectivity index (χ2v) is 13.8. The standard InChI is InChI=1S/C45H26N4OS/c1-6-19-36-28(12-1)29-13-2-7-20-37(29)49(36)38-21-8-3-16-34(38)44-46-43(27-24-25-31-30-14-4-9-22-39(30)50-40(31)26-27)47-45(48-44)35-18-11-17-33-32-15-5-10-23-41(32)51-42(33)35/h1-26H. The van der Waals surface area contributed by atoms with Gasteiger partial charge in [-0.1, -0.05) is 103 Å². The van der Waals surface area contributed by atoms with Crippen molar-refractivity contribution in [2.45, 2.75) is 0 Å². The van der Waals surface area contributed by atoms with Crippen molar-refractivity contribution in [3.63, 3.8) is 0 Å². The fourth-order valence-corrected chi connectivity index (χ4v) is 8.79. The van der Waals surface area contributed by atoms with Crippen molar-refractivity contribution in [3.05, 3.63) is 158 Å². The molecule has 4 heterocycles. The first-order valence-electron chi connectivity index (χ1n) is 16.9. The Balaban J connectivity index is 1.19. The topological polar surface area (TPSA) is 56.7 Å². The van der Waals surface area contributed by atoms with Crippen LogP contribution in [0, 0.1) is 0 Å². The third-order valence-electron chi connectivity index (χ3n) is 9.88. The smallest absolute Gasteiger partial charge is 0.166 e. The van der Waals surface area contributed by atoms with E-state index in [0.29, 0.717) is 17.5 Å². The number of aromatic nitrogens is 4. The molecular weight excluding hydrogens is 645 g/mol. The van der Waals surface area contributed by atoms with E-state index in [1.165, 1.54) is 26.2 Å². The Bertz CT molecular complexity index is 3120. The molecule has 238 valence electrons. The van der Waals surface area contributed by atoms with Crippen LogP contribution in [-0.4, -0.2) is 19.5 Å². The van der Waals surface area contributed by atoms with Crippen LogP contribution in [-0.2, 0) is 0 Å². The first-order chi connectivity index (χ1) is 25.3. The monoisotopic (exact) mass is 670 g/mol. The predicted molar refractivity (Wildman–Crippen MR) is 211 cm³/mol. The van der Waals surface area contributed by atoms with Gasteiger partial charge in [-0.2, -0.15) is 0 Å². The minimum Gasteiger partial charge on any atom is -0.456 e. The van der Waals surface area contributed by atoms with Gasteiger partial charge >= 0.3 is 0 Å². The Labute approximate surface area is 295 Å². The number of benzene rings is 7. The summed E-state index contributed by atoms with van der Waals surface area (Å²) in [6, 6.07) is 54.9. The number of nitrogens with zero attached hydrogens (tertiary/aromatic N) is 4. The van der Waals surface area contributed by atoms with Gasteiger partial charge < -0.3 is 8.98 Å². The second kappa shape index (κ2) is 10.9. The van der Waals surface area contributed by atoms with Gasteiger partial charge in [0.2, 0.25) is 0 Å². The van der Waals surface area contributed by atoms with Crippen molar-refractivity contribution in [2.75, 3.05) is 0 Å². The minimum atomic E-state index is 0.590. The fourth-order valence-electron chi connectivity index (χ4n) is 7.57. The van der Waals surface area contributed by atoms with E-state index in [4.69, 9.17) is 19.4 Å². The highest BCUT2D eigenvalue weighted by Crippen LogP contribution is 2.41. The summed E-state index contributed by atoms with van der Waals surface area (Å²) >= 11 is 1.78. The van der Waals surface area contributed by atoms with Crippen LogP contribution in [0.4, 0.5) is 0 Å². The highest BCUT2D eigenvalue weighted by Gasteiger charge is 2.21. The van der Waals surface area contributed by atoms with E-state index in [1.807, 2.05) is 18.2 Å². The van der Waals surface area contributed by atoms with E-state index in [0.717, 1.165) is 60.0 Å². The number of para-hydroxylation sites is 4. The third-order valence-corrected chi connectivity index (χ3v) is 11.1. The van der Waals surface area contributed by atoms with Crippen LogP contribution >= 0.6 is 11.3 Å². The lowest BCUT2D eigenvalue weighted by Crippen LogP contribution is -2.03. The van der Waals surface area contributed by atoms with Gasteiger partial charge in [0, 0.05) is 58.4 Å². The van der Waals surface area contributed by atoms with Crippen LogP contribution in [0.5, 0.6) is 0 Å². The Morgan fingerprint density at radius 1 is 0.431 bits per heavy atom. The van der Waals surface area contributed by atoms with Gasteiger partial charge in [-0.05, 0) is 54.6 Å². The van der Waals surface area contributed by atoms with Crippen LogP contribution in [0.3, 0.4) is 0 Å². The predicted octanol–water partition coefficient (Wildman–Crippen LogP) is 12.2. The van der Waals surface area contributed by atoms with Crippen LogP contribution in [0.25, 0.3) is 104 Å². The molecule has 0 aliphatic heterocycles. The molecule has 0 saturated carbocycles. The fraction of sp³-hybridized carbons (Fsp3) is 0. The lowest BCUT2D eigenvalue weighted by molar-refractivity contribution is 0.669. The van der Waals surface area contributed by atoms with Crippen molar-refractivity contribution in [3.8, 4) is 39.9 Å². The first-order valence-corrected chi connectivity index (χ1v) is 17.8. The highest BCUT2D eigenvalue weighted by molar-refractivity contribution is 7.26. The quantitative estimate of drug-likeness (QED) is 0.187. The molecule has 11 aromatic rings. The van der Waals surface area contributed by atoms with E-state index in [-0.39, 0.29) is 0 Å². The summed E-state index contributed by atoms with van der Waals surface area (Å²) in [5.41, 5.74) is 7.69. The average Bonchev–Trinajstić information content (AvgIpc) is 3.87. The van der Waals surface area contributed by atoms with Crippen LogP contribution in [0.1, 0.15) is 0 Å². The molecule has 0 aliphatic rings. The van der Waals surface area contributed by atoms with E-state index in [9.17, 15) is 0 Å². The molecular formula is C45H26N4OS. The molecule has 4 aromatic heterocycles. The first kappa shape index (κ1) is 28.2. The number of thiophene rings is 1. The van der Waals surface area contributed by atoms with Gasteiger partial charge in [0.15, 0.2) is 17.5 Å². The summed E-state index contributed by atoms with van der Waals surface area (Å²) in [4.78, 5) is 15.7. The summed E-state index contributed by atoms with van der Waals surface area (Å²) in [5.74, 6) is 1.83. The van der Waals surface area contributed by atoms with Gasteiger partial charge in [0.1, 0.15) is 11.2 Å². The van der Waals surface area contributed by atoms with Crippen molar-refractivity contribution in [1.29, 1.82) is 0 Å². The molecule has 0 N–H and O–H groups in total. The highest BCUT2D eigenvalue weighted by atomic mass is 32.1. The lowest BCUT2D eigenvalue weighted by atomic mass is 10.1. The molecule has 0 atom stereocenters. The van der Waals surface area contributed by atoms with Crippen LogP contribution < -0.4 is 0 Å². The summed E-state index contributed by atoms with van der Waals surface area (Å²) in [5, 5.41) is 7.00. The van der Waals surface area contributed by atoms with Gasteiger partial charge in [-0.25, -0.2) is 15.0 Å². The zero-order valence-corrected chi connectivity index (χ0v) is 27.9. The molecule has 6 heteroatoms. The Morgan fingerprint density at radius 2 is 1.02 bits per heavy atom. The molecule has 51 heavy (non-hydrogen) atoms. The number of rotatable bonds is 4. The van der Waals surface area contributed by atoms with Crippen molar-refractivity contribution >= 4 is 75.3 Å². The summed E-state index contributed by atoms with van der Waals surface area (Å²) in [7, 11) is 0. The molecule has 0 amide bonds. The maximum absolute atomic E-state index is 6.31. The molecule has 11 rings (SSSR count). The Kier molecular flexibility index (Phi) is 6.05. The third kappa shape index (κ3) is 4.30. The van der Waals surface area contributed by atoms with Gasteiger partial charge in [0.05, 0.1) is 16.7 Å². The maximum atomic E-state index is 6.31. The molecule has 5 nitrogen and oxygen atoms in total. The zero-order chi connectivity index (χ0) is 33.5. The number of fused-ring (bicyclic) bond motifs is 9. The largest absolute Gasteiger partial charge is 0.456 e. The van der Waals surface area contributed by atoms with E-state index in [2.05, 4.69) is 144 Å². The molecule has 0 fully saturated rings. The molecule has 0 aliphatic carbocycles. The van der Waals surface area contributed by atoms with Gasteiger partial charge in [0.25, 0.3) is 0 Å². The molecule has 0 bridgehead atoms. The van der Waals surface area contributed by atoms with E-state index >= 15 is 0 Å². The number of furan rings is 1. The maximum Gasteiger partial charge on any atom is 0.166 e. The Morgan fingerprint density at radius 3 is 1.84 bits per heavy atom. The Hall–Kier alpha value is -6.63.